The smallest absolute Gasteiger partial charge is 0.319 e. The summed E-state index contributed by atoms with van der Waals surface area (Å²) in [5.41, 5.74) is 0.596. The summed E-state index contributed by atoms with van der Waals surface area (Å²) in [5, 5.41) is 5.55. The van der Waals surface area contributed by atoms with Crippen molar-refractivity contribution in [2.45, 2.75) is 13.0 Å². The van der Waals surface area contributed by atoms with Gasteiger partial charge in [0.15, 0.2) is 0 Å². The number of hydrogen-bond acceptors (Lipinski definition) is 4. The van der Waals surface area contributed by atoms with E-state index >= 15 is 0 Å². The highest BCUT2D eigenvalue weighted by Crippen LogP contribution is 2.23. The van der Waals surface area contributed by atoms with Crippen LogP contribution in [-0.4, -0.2) is 27.1 Å². The number of rotatable bonds is 7. The van der Waals surface area contributed by atoms with E-state index in [0.29, 0.717) is 23.9 Å². The van der Waals surface area contributed by atoms with Gasteiger partial charge in [0.1, 0.15) is 5.75 Å². The van der Waals surface area contributed by atoms with Crippen molar-refractivity contribution in [1.29, 1.82) is 0 Å². The van der Waals surface area contributed by atoms with E-state index in [1.807, 2.05) is 35.0 Å². The van der Waals surface area contributed by atoms with Crippen molar-refractivity contribution >= 4 is 27.6 Å². The Bertz CT molecular complexity index is 837. The van der Waals surface area contributed by atoms with Crippen LogP contribution >= 0.6 is 15.9 Å². The number of hydrogen-bond donors (Lipinski definition) is 2. The number of nitrogens with one attached hydrogen (secondary N) is 2. The summed E-state index contributed by atoms with van der Waals surface area (Å²) in [6, 6.07) is 10.7. The third kappa shape index (κ3) is 5.59. The van der Waals surface area contributed by atoms with Gasteiger partial charge >= 0.3 is 6.03 Å². The first-order valence-corrected chi connectivity index (χ1v) is 8.88. The number of aryl methyl sites for hydroxylation is 1. The molecule has 7 nitrogen and oxygen atoms in total. The molecule has 0 atom stereocenters. The van der Waals surface area contributed by atoms with E-state index in [1.54, 1.807) is 30.9 Å². The average Bonchev–Trinajstić information content (AvgIpc) is 3.14. The van der Waals surface area contributed by atoms with E-state index in [0.717, 1.165) is 17.4 Å². The lowest BCUT2D eigenvalue weighted by molar-refractivity contribution is 0.252. The lowest BCUT2D eigenvalue weighted by Gasteiger charge is -2.09. The molecule has 1 aromatic carbocycles. The summed E-state index contributed by atoms with van der Waals surface area (Å²) in [4.78, 5) is 20.1. The lowest BCUT2D eigenvalue weighted by Crippen LogP contribution is -2.30. The Morgan fingerprint density at radius 3 is 2.92 bits per heavy atom. The van der Waals surface area contributed by atoms with Crippen molar-refractivity contribution in [1.82, 2.24) is 19.9 Å². The molecule has 2 N–H and O–H groups in total. The minimum Gasteiger partial charge on any atom is -0.439 e. The largest absolute Gasteiger partial charge is 0.439 e. The topological polar surface area (TPSA) is 81.1 Å². The quantitative estimate of drug-likeness (QED) is 0.570. The zero-order valence-electron chi connectivity index (χ0n) is 13.9. The number of carbonyl (C=O) groups is 1. The fraction of sp³-hybridized carbons (Fsp3) is 0.167. The summed E-state index contributed by atoms with van der Waals surface area (Å²) in [5.74, 6) is 1.14. The van der Waals surface area contributed by atoms with Crippen LogP contribution < -0.4 is 15.4 Å². The molecule has 0 fully saturated rings. The van der Waals surface area contributed by atoms with E-state index in [2.05, 4.69) is 36.5 Å². The molecule has 0 unspecified atom stereocenters. The van der Waals surface area contributed by atoms with Gasteiger partial charge in [-0.1, -0.05) is 22.0 Å². The monoisotopic (exact) mass is 415 g/mol. The molecule has 0 aliphatic heterocycles. The van der Waals surface area contributed by atoms with Crippen molar-refractivity contribution < 1.29 is 9.53 Å². The number of anilines is 1. The Labute approximate surface area is 159 Å². The normalized spacial score (nSPS) is 10.3. The molecule has 0 spiro atoms. The SMILES string of the molecule is O=C(NCCCn1ccnc1)Nc1ccc(Oc2cccc(Br)c2)nc1. The molecule has 0 aliphatic carbocycles. The molecular weight excluding hydrogens is 398 g/mol. The van der Waals surface area contributed by atoms with Crippen molar-refractivity contribution in [2.24, 2.45) is 0 Å². The Hall–Kier alpha value is -2.87. The molecule has 134 valence electrons. The van der Waals surface area contributed by atoms with Crippen LogP contribution in [0.25, 0.3) is 0 Å². The number of urea groups is 1. The van der Waals surface area contributed by atoms with Crippen LogP contribution in [0.3, 0.4) is 0 Å². The highest BCUT2D eigenvalue weighted by molar-refractivity contribution is 9.10. The van der Waals surface area contributed by atoms with E-state index in [4.69, 9.17) is 4.74 Å². The zero-order chi connectivity index (χ0) is 18.2. The second kappa shape index (κ2) is 9.00. The molecule has 26 heavy (non-hydrogen) atoms. The Balaban J connectivity index is 1.42. The van der Waals surface area contributed by atoms with E-state index < -0.39 is 0 Å². The highest BCUT2D eigenvalue weighted by atomic mass is 79.9. The van der Waals surface area contributed by atoms with Gasteiger partial charge in [-0.25, -0.2) is 14.8 Å². The summed E-state index contributed by atoms with van der Waals surface area (Å²) in [7, 11) is 0. The van der Waals surface area contributed by atoms with E-state index in [9.17, 15) is 4.79 Å². The van der Waals surface area contributed by atoms with Crippen LogP contribution in [0.1, 0.15) is 6.42 Å². The lowest BCUT2D eigenvalue weighted by atomic mass is 10.3. The van der Waals surface area contributed by atoms with Crippen LogP contribution in [0.15, 0.2) is 65.8 Å². The molecule has 8 heteroatoms. The van der Waals surface area contributed by atoms with Crippen LogP contribution in [0, 0.1) is 0 Å². The van der Waals surface area contributed by atoms with Crippen molar-refractivity contribution in [3.05, 3.63) is 65.8 Å². The fourth-order valence-corrected chi connectivity index (χ4v) is 2.60. The maximum Gasteiger partial charge on any atom is 0.319 e. The molecule has 0 aliphatic rings. The van der Waals surface area contributed by atoms with Gasteiger partial charge in [0, 0.05) is 36.0 Å². The summed E-state index contributed by atoms with van der Waals surface area (Å²) in [6.07, 6.45) is 7.75. The first-order chi connectivity index (χ1) is 12.7. The van der Waals surface area contributed by atoms with E-state index in [1.165, 1.54) is 0 Å². The van der Waals surface area contributed by atoms with Gasteiger partial charge in [-0.15, -0.1) is 0 Å². The Morgan fingerprint density at radius 1 is 1.27 bits per heavy atom. The molecule has 0 saturated heterocycles. The molecule has 3 aromatic rings. The Kier molecular flexibility index (Phi) is 6.21. The number of nitrogens with zero attached hydrogens (tertiary/aromatic N) is 3. The van der Waals surface area contributed by atoms with Crippen LogP contribution in [0.4, 0.5) is 10.5 Å². The molecule has 0 saturated carbocycles. The van der Waals surface area contributed by atoms with Gasteiger partial charge in [0.2, 0.25) is 5.88 Å². The van der Waals surface area contributed by atoms with E-state index in [-0.39, 0.29) is 6.03 Å². The summed E-state index contributed by atoms with van der Waals surface area (Å²) in [6.45, 7) is 1.38. The molecule has 2 amide bonds. The van der Waals surface area contributed by atoms with Gasteiger partial charge in [0.05, 0.1) is 18.2 Å². The minimum atomic E-state index is -0.266. The second-order valence-electron chi connectivity index (χ2n) is 5.48. The number of halogens is 1. The van der Waals surface area contributed by atoms with Gasteiger partial charge in [-0.3, -0.25) is 0 Å². The van der Waals surface area contributed by atoms with Crippen LogP contribution in [0.5, 0.6) is 11.6 Å². The average molecular weight is 416 g/mol. The number of aromatic nitrogens is 3. The van der Waals surface area contributed by atoms with Crippen molar-refractivity contribution in [3.8, 4) is 11.6 Å². The second-order valence-corrected chi connectivity index (χ2v) is 6.40. The van der Waals surface area contributed by atoms with Gasteiger partial charge < -0.3 is 19.9 Å². The maximum absolute atomic E-state index is 11.9. The molecule has 2 heterocycles. The van der Waals surface area contributed by atoms with Crippen LogP contribution in [0.2, 0.25) is 0 Å². The van der Waals surface area contributed by atoms with Crippen molar-refractivity contribution in [2.75, 3.05) is 11.9 Å². The number of amides is 2. The Morgan fingerprint density at radius 2 is 2.19 bits per heavy atom. The van der Waals surface area contributed by atoms with Gasteiger partial charge in [-0.2, -0.15) is 0 Å². The van der Waals surface area contributed by atoms with Crippen molar-refractivity contribution in [3.63, 3.8) is 0 Å². The predicted octanol–water partition coefficient (Wildman–Crippen LogP) is 4.04. The maximum atomic E-state index is 11.9. The molecular formula is C18H18BrN5O2. The number of benzene rings is 1. The molecule has 3 rings (SSSR count). The molecule has 0 bridgehead atoms. The third-order valence-corrected chi connectivity index (χ3v) is 3.94. The number of ether oxygens (including phenoxy) is 1. The highest BCUT2D eigenvalue weighted by Gasteiger charge is 2.03. The first-order valence-electron chi connectivity index (χ1n) is 8.09. The summed E-state index contributed by atoms with van der Waals surface area (Å²) < 4.78 is 8.55. The number of carbonyl (C=O) groups excluding carboxylic acids is 1. The third-order valence-electron chi connectivity index (χ3n) is 3.45. The summed E-state index contributed by atoms with van der Waals surface area (Å²) >= 11 is 3.39. The molecule has 2 aromatic heterocycles. The van der Waals surface area contributed by atoms with Gasteiger partial charge in [-0.05, 0) is 30.7 Å². The standard InChI is InChI=1S/C18H18BrN5O2/c19-14-3-1-4-16(11-14)26-17-6-5-15(12-22-17)23-18(25)21-7-2-9-24-10-8-20-13-24/h1,3-6,8,10-13H,2,7,9H2,(H2,21,23,25). The predicted molar refractivity (Wildman–Crippen MR) is 102 cm³/mol. The fourth-order valence-electron chi connectivity index (χ4n) is 2.22. The minimum absolute atomic E-state index is 0.266. The van der Waals surface area contributed by atoms with Gasteiger partial charge in [0.25, 0.3) is 0 Å². The zero-order valence-corrected chi connectivity index (χ0v) is 15.5. The number of pyridine rings is 1. The first kappa shape index (κ1) is 17.9. The molecule has 0 radical (unpaired) electrons. The van der Waals surface area contributed by atoms with Crippen LogP contribution in [-0.2, 0) is 6.54 Å². The number of imidazole rings is 1.